The number of alkyl halides is 3. The van der Waals surface area contributed by atoms with Crippen LogP contribution in [0.3, 0.4) is 0 Å². The van der Waals surface area contributed by atoms with Gasteiger partial charge in [-0.25, -0.2) is 12.8 Å². The molecule has 12 heteroatoms. The first-order valence-electron chi connectivity index (χ1n) is 12.8. The van der Waals surface area contributed by atoms with Crippen LogP contribution in [-0.2, 0) is 34.0 Å². The van der Waals surface area contributed by atoms with Crippen LogP contribution in [0.2, 0.25) is 0 Å². The predicted molar refractivity (Wildman–Crippen MR) is 144 cm³/mol. The second kappa shape index (κ2) is 10.4. The van der Waals surface area contributed by atoms with E-state index in [9.17, 15) is 30.8 Å². The number of furan rings is 1. The Hall–Kier alpha value is -4.42. The van der Waals surface area contributed by atoms with E-state index < -0.39 is 38.7 Å². The molecule has 5 aromatic rings. The first-order chi connectivity index (χ1) is 20.0. The SMILES string of the molecule is O=C(CCc1cc(-c2ccc(C(F)(F)F)cn2)ccn1)[C@@H]1c2ccccc2CN1S(=O)(=O)c1cc2cc(F)ccc2o1. The van der Waals surface area contributed by atoms with Crippen LogP contribution in [0.5, 0.6) is 0 Å². The number of benzene rings is 2. The maximum absolute atomic E-state index is 13.7. The third-order valence-electron chi connectivity index (χ3n) is 7.12. The minimum absolute atomic E-state index is 0.0480. The van der Waals surface area contributed by atoms with E-state index in [1.165, 1.54) is 30.5 Å². The number of rotatable bonds is 7. The van der Waals surface area contributed by atoms with E-state index in [4.69, 9.17) is 4.42 Å². The smallest absolute Gasteiger partial charge is 0.417 e. The number of ketones is 1. The molecule has 0 fully saturated rings. The fourth-order valence-electron chi connectivity index (χ4n) is 5.04. The Morgan fingerprint density at radius 3 is 2.57 bits per heavy atom. The van der Waals surface area contributed by atoms with Gasteiger partial charge in [0.1, 0.15) is 17.4 Å². The fraction of sp³-hybridized carbons (Fsp3) is 0.167. The average molecular weight is 596 g/mol. The average Bonchev–Trinajstić information content (AvgIpc) is 3.58. The third-order valence-corrected chi connectivity index (χ3v) is 8.79. The van der Waals surface area contributed by atoms with E-state index in [0.29, 0.717) is 28.1 Å². The highest BCUT2D eigenvalue weighted by atomic mass is 32.2. The Morgan fingerprint density at radius 1 is 1.00 bits per heavy atom. The largest absolute Gasteiger partial charge is 0.443 e. The van der Waals surface area contributed by atoms with E-state index in [2.05, 4.69) is 9.97 Å². The summed E-state index contributed by atoms with van der Waals surface area (Å²) in [6, 6.07) is 16.2. The molecule has 0 N–H and O–H groups in total. The Bertz CT molecular complexity index is 1920. The zero-order valence-electron chi connectivity index (χ0n) is 21.7. The fourth-order valence-corrected chi connectivity index (χ4v) is 6.56. The molecule has 4 heterocycles. The predicted octanol–water partition coefficient (Wildman–Crippen LogP) is 6.50. The molecule has 1 aliphatic rings. The van der Waals surface area contributed by atoms with Gasteiger partial charge in [0, 0.05) is 48.1 Å². The van der Waals surface area contributed by atoms with Crippen molar-refractivity contribution in [2.75, 3.05) is 0 Å². The highest BCUT2D eigenvalue weighted by Crippen LogP contribution is 2.40. The number of halogens is 4. The van der Waals surface area contributed by atoms with Crippen LogP contribution >= 0.6 is 0 Å². The first-order valence-corrected chi connectivity index (χ1v) is 14.2. The Balaban J connectivity index is 1.25. The van der Waals surface area contributed by atoms with Crippen LogP contribution in [0.1, 0.15) is 34.8 Å². The quantitative estimate of drug-likeness (QED) is 0.200. The van der Waals surface area contributed by atoms with Crippen molar-refractivity contribution < 1.29 is 35.2 Å². The maximum Gasteiger partial charge on any atom is 0.417 e. The number of carbonyl (C=O) groups is 1. The van der Waals surface area contributed by atoms with Gasteiger partial charge in [0.25, 0.3) is 10.0 Å². The van der Waals surface area contributed by atoms with Crippen molar-refractivity contribution in [2.24, 2.45) is 0 Å². The maximum atomic E-state index is 13.7. The molecule has 0 bridgehead atoms. The van der Waals surface area contributed by atoms with Crippen LogP contribution in [0.25, 0.3) is 22.2 Å². The lowest BCUT2D eigenvalue weighted by Gasteiger charge is -2.22. The summed E-state index contributed by atoms with van der Waals surface area (Å²) in [5, 5.41) is -0.117. The second-order valence-electron chi connectivity index (χ2n) is 9.83. The summed E-state index contributed by atoms with van der Waals surface area (Å²) < 4.78 is 86.5. The van der Waals surface area contributed by atoms with Gasteiger partial charge in [0.15, 0.2) is 5.78 Å². The van der Waals surface area contributed by atoms with Gasteiger partial charge in [0.05, 0.1) is 11.3 Å². The van der Waals surface area contributed by atoms with E-state index in [1.807, 2.05) is 0 Å². The third kappa shape index (κ3) is 5.19. The van der Waals surface area contributed by atoms with Gasteiger partial charge < -0.3 is 4.42 Å². The molecule has 3 aromatic heterocycles. The number of fused-ring (bicyclic) bond motifs is 2. The summed E-state index contributed by atoms with van der Waals surface area (Å²) >= 11 is 0. The minimum Gasteiger partial charge on any atom is -0.443 e. The van der Waals surface area contributed by atoms with Crippen molar-refractivity contribution in [1.82, 2.24) is 14.3 Å². The van der Waals surface area contributed by atoms with Gasteiger partial charge in [-0.2, -0.15) is 17.5 Å². The minimum atomic E-state index is -4.50. The van der Waals surface area contributed by atoms with E-state index in [0.717, 1.165) is 22.6 Å². The molecule has 0 amide bonds. The molecule has 0 saturated heterocycles. The molecule has 214 valence electrons. The first kappa shape index (κ1) is 27.7. The molecule has 1 aliphatic heterocycles. The van der Waals surface area contributed by atoms with Crippen LogP contribution < -0.4 is 0 Å². The lowest BCUT2D eigenvalue weighted by molar-refractivity contribution is -0.137. The number of sulfonamides is 1. The van der Waals surface area contributed by atoms with Crippen LogP contribution in [0.15, 0.2) is 94.7 Å². The van der Waals surface area contributed by atoms with Gasteiger partial charge in [-0.05, 0) is 60.0 Å². The van der Waals surface area contributed by atoms with Gasteiger partial charge >= 0.3 is 6.18 Å². The number of aryl methyl sites for hydroxylation is 1. The Morgan fingerprint density at radius 2 is 1.81 bits per heavy atom. The molecule has 0 spiro atoms. The summed E-state index contributed by atoms with van der Waals surface area (Å²) in [5.74, 6) is -0.911. The molecule has 42 heavy (non-hydrogen) atoms. The van der Waals surface area contributed by atoms with Gasteiger partial charge in [0.2, 0.25) is 5.09 Å². The molecule has 1 atom stereocenters. The van der Waals surface area contributed by atoms with E-state index in [-0.39, 0.29) is 36.1 Å². The van der Waals surface area contributed by atoms with Crippen molar-refractivity contribution in [3.05, 3.63) is 113 Å². The summed E-state index contributed by atoms with van der Waals surface area (Å²) in [7, 11) is -4.30. The highest BCUT2D eigenvalue weighted by Gasteiger charge is 2.43. The number of hydrogen-bond acceptors (Lipinski definition) is 6. The van der Waals surface area contributed by atoms with Gasteiger partial charge in [-0.15, -0.1) is 0 Å². The lowest BCUT2D eigenvalue weighted by atomic mass is 9.98. The Labute approximate surface area is 237 Å². The van der Waals surface area contributed by atoms with Crippen LogP contribution in [0.4, 0.5) is 17.6 Å². The molecule has 0 aliphatic carbocycles. The van der Waals surface area contributed by atoms with Crippen LogP contribution in [-0.4, -0.2) is 28.5 Å². The number of carbonyl (C=O) groups excluding carboxylic acids is 1. The van der Waals surface area contributed by atoms with Crippen LogP contribution in [0, 0.1) is 5.82 Å². The topological polar surface area (TPSA) is 93.4 Å². The number of Topliss-reactive ketones (excluding diaryl/α,β-unsaturated/α-hetero) is 1. The Kier molecular flexibility index (Phi) is 6.90. The standard InChI is InChI=1S/C30H21F4N3O4S/c31-22-6-10-27-20(13-22)15-28(41-27)42(39,40)37-17-19-3-1-2-4-24(19)29(37)26(38)9-7-23-14-18(11-12-35-23)25-8-5-21(16-36-25)30(32,33)34/h1-6,8,10-16,29H,7,9,17H2/t29-/m0/s1. The molecule has 0 unspecified atom stereocenters. The van der Waals surface area contributed by atoms with Gasteiger partial charge in [-0.1, -0.05) is 24.3 Å². The molecule has 0 saturated carbocycles. The molecule has 7 nitrogen and oxygen atoms in total. The number of hydrogen-bond donors (Lipinski definition) is 0. The van der Waals surface area contributed by atoms with Crippen molar-refractivity contribution >= 4 is 26.8 Å². The molecule has 0 radical (unpaired) electrons. The molecular formula is C30H21F4N3O4S. The summed E-state index contributed by atoms with van der Waals surface area (Å²) in [5.41, 5.74) is 1.89. The van der Waals surface area contributed by atoms with Crippen molar-refractivity contribution in [3.8, 4) is 11.3 Å². The van der Waals surface area contributed by atoms with Crippen molar-refractivity contribution in [1.29, 1.82) is 0 Å². The highest BCUT2D eigenvalue weighted by molar-refractivity contribution is 7.89. The summed E-state index contributed by atoms with van der Waals surface area (Å²) in [6.07, 6.45) is -2.18. The zero-order chi connectivity index (χ0) is 29.6. The second-order valence-corrected chi connectivity index (χ2v) is 11.7. The lowest BCUT2D eigenvalue weighted by Crippen LogP contribution is -2.34. The van der Waals surface area contributed by atoms with Crippen molar-refractivity contribution in [2.45, 2.75) is 36.7 Å². The number of nitrogens with zero attached hydrogens (tertiary/aromatic N) is 3. The number of aromatic nitrogens is 2. The molecule has 6 rings (SSSR count). The van der Waals surface area contributed by atoms with Gasteiger partial charge in [-0.3, -0.25) is 14.8 Å². The van der Waals surface area contributed by atoms with E-state index in [1.54, 1.807) is 36.4 Å². The normalized spacial score (nSPS) is 15.7. The number of pyridine rings is 2. The van der Waals surface area contributed by atoms with Crippen molar-refractivity contribution in [3.63, 3.8) is 0 Å². The van der Waals surface area contributed by atoms with E-state index >= 15 is 0 Å². The zero-order valence-corrected chi connectivity index (χ0v) is 22.5. The molecule has 2 aromatic carbocycles. The summed E-state index contributed by atoms with van der Waals surface area (Å²) in [4.78, 5) is 21.8. The summed E-state index contributed by atoms with van der Waals surface area (Å²) in [6.45, 7) is -0.0480. The molecular weight excluding hydrogens is 574 g/mol. The monoisotopic (exact) mass is 595 g/mol.